The molecule has 0 aromatic heterocycles. The predicted molar refractivity (Wildman–Crippen MR) is 90.9 cm³/mol. The van der Waals surface area contributed by atoms with Crippen molar-refractivity contribution in [3.8, 4) is 11.8 Å². The Hall–Kier alpha value is -2.84. The molecule has 0 fully saturated rings. The number of halogens is 1. The van der Waals surface area contributed by atoms with Crippen LogP contribution in [0.5, 0.6) is 5.75 Å². The zero-order valence-corrected chi connectivity index (χ0v) is 13.7. The van der Waals surface area contributed by atoms with Crippen molar-refractivity contribution in [2.45, 2.75) is 6.92 Å². The van der Waals surface area contributed by atoms with Crippen LogP contribution in [0.2, 0.25) is 5.02 Å². The molecular weight excluding hydrogens is 328 g/mol. The van der Waals surface area contributed by atoms with Gasteiger partial charge in [0.05, 0.1) is 16.8 Å². The molecule has 0 unspecified atom stereocenters. The normalized spacial score (nSPS) is 11.2. The molecular formula is C18H15ClN2O3. The van der Waals surface area contributed by atoms with Gasteiger partial charge in [-0.1, -0.05) is 35.9 Å². The Morgan fingerprint density at radius 2 is 2.00 bits per heavy atom. The zero-order valence-electron chi connectivity index (χ0n) is 13.0. The summed E-state index contributed by atoms with van der Waals surface area (Å²) in [7, 11) is 0. The van der Waals surface area contributed by atoms with Crippen molar-refractivity contribution in [1.29, 1.82) is 5.26 Å². The number of amides is 1. The van der Waals surface area contributed by atoms with Gasteiger partial charge in [-0.05, 0) is 36.8 Å². The van der Waals surface area contributed by atoms with E-state index in [-0.39, 0.29) is 6.61 Å². The van der Waals surface area contributed by atoms with Crippen molar-refractivity contribution >= 4 is 29.0 Å². The number of rotatable bonds is 6. The van der Waals surface area contributed by atoms with Gasteiger partial charge >= 0.3 is 0 Å². The van der Waals surface area contributed by atoms with Crippen LogP contribution in [0, 0.1) is 24.2 Å². The zero-order chi connectivity index (χ0) is 17.5. The molecule has 0 heterocycles. The first kappa shape index (κ1) is 17.5. The average Bonchev–Trinajstić information content (AvgIpc) is 2.56. The molecule has 0 aliphatic rings. The van der Waals surface area contributed by atoms with E-state index in [2.05, 4.69) is 5.32 Å². The topological polar surface area (TPSA) is 79.2 Å². The number of aryl methyl sites for hydroxylation is 1. The van der Waals surface area contributed by atoms with Crippen LogP contribution >= 0.6 is 11.6 Å². The van der Waals surface area contributed by atoms with Gasteiger partial charge in [-0.2, -0.15) is 5.26 Å². The van der Waals surface area contributed by atoms with Gasteiger partial charge in [-0.3, -0.25) is 9.59 Å². The minimum atomic E-state index is -1.47. The summed E-state index contributed by atoms with van der Waals surface area (Å²) in [6.07, 6.45) is 0. The minimum Gasteiger partial charge on any atom is -0.486 e. The van der Waals surface area contributed by atoms with Gasteiger partial charge in [0.1, 0.15) is 12.4 Å². The summed E-state index contributed by atoms with van der Waals surface area (Å²) < 4.78 is 5.35. The van der Waals surface area contributed by atoms with Crippen molar-refractivity contribution in [1.82, 2.24) is 0 Å². The third-order valence-corrected chi connectivity index (χ3v) is 3.55. The number of ketones is 1. The number of anilines is 1. The van der Waals surface area contributed by atoms with E-state index >= 15 is 0 Å². The number of Topliss-reactive ketones (excluding diaryl/α,β-unsaturated/α-hetero) is 1. The monoisotopic (exact) mass is 342 g/mol. The van der Waals surface area contributed by atoms with Crippen molar-refractivity contribution in [3.63, 3.8) is 0 Å². The highest BCUT2D eigenvalue weighted by molar-refractivity contribution is 6.33. The van der Waals surface area contributed by atoms with Crippen molar-refractivity contribution in [2.24, 2.45) is 5.92 Å². The Morgan fingerprint density at radius 1 is 1.25 bits per heavy atom. The second kappa shape index (κ2) is 8.14. The molecule has 2 rings (SSSR count). The smallest absolute Gasteiger partial charge is 0.249 e. The fraction of sp³-hybridized carbons (Fsp3) is 0.167. The Kier molecular flexibility index (Phi) is 5.94. The lowest BCUT2D eigenvalue weighted by Crippen LogP contribution is -2.32. The van der Waals surface area contributed by atoms with E-state index in [1.807, 2.05) is 13.0 Å². The van der Waals surface area contributed by atoms with Gasteiger partial charge in [0.15, 0.2) is 11.7 Å². The van der Waals surface area contributed by atoms with Crippen LogP contribution in [0.25, 0.3) is 0 Å². The van der Waals surface area contributed by atoms with Crippen LogP contribution < -0.4 is 10.1 Å². The maximum Gasteiger partial charge on any atom is 0.249 e. The molecule has 122 valence electrons. The quantitative estimate of drug-likeness (QED) is 0.816. The highest BCUT2D eigenvalue weighted by Crippen LogP contribution is 2.21. The SMILES string of the molecule is Cc1cccc(OCC(=O)[C@H](C#N)C(=O)Nc2ccccc2Cl)c1. The fourth-order valence-electron chi connectivity index (χ4n) is 1.99. The fourth-order valence-corrected chi connectivity index (χ4v) is 2.17. The summed E-state index contributed by atoms with van der Waals surface area (Å²) >= 11 is 5.94. The van der Waals surface area contributed by atoms with Crippen LogP contribution in [0.15, 0.2) is 48.5 Å². The second-order valence-electron chi connectivity index (χ2n) is 5.10. The van der Waals surface area contributed by atoms with Crippen LogP contribution in [-0.4, -0.2) is 18.3 Å². The number of benzene rings is 2. The number of nitrogens with one attached hydrogen (secondary N) is 1. The number of para-hydroxylation sites is 1. The molecule has 0 aliphatic heterocycles. The summed E-state index contributed by atoms with van der Waals surface area (Å²) in [5, 5.41) is 11.9. The maximum atomic E-state index is 12.1. The summed E-state index contributed by atoms with van der Waals surface area (Å²) in [5.41, 5.74) is 1.32. The number of ether oxygens (including phenoxy) is 1. The van der Waals surface area contributed by atoms with E-state index < -0.39 is 17.6 Å². The third-order valence-electron chi connectivity index (χ3n) is 3.22. The van der Waals surface area contributed by atoms with Crippen LogP contribution in [0.1, 0.15) is 5.56 Å². The third kappa shape index (κ3) is 4.58. The molecule has 2 aromatic carbocycles. The van der Waals surface area contributed by atoms with Gasteiger partial charge in [-0.15, -0.1) is 0 Å². The number of carbonyl (C=O) groups is 2. The van der Waals surface area contributed by atoms with Gasteiger partial charge in [0, 0.05) is 0 Å². The van der Waals surface area contributed by atoms with Gasteiger partial charge in [-0.25, -0.2) is 0 Å². The first-order valence-corrected chi connectivity index (χ1v) is 7.56. The molecule has 6 heteroatoms. The molecule has 1 atom stereocenters. The van der Waals surface area contributed by atoms with Gasteiger partial charge < -0.3 is 10.1 Å². The maximum absolute atomic E-state index is 12.1. The molecule has 0 saturated carbocycles. The molecule has 0 bridgehead atoms. The molecule has 24 heavy (non-hydrogen) atoms. The Morgan fingerprint density at radius 3 is 2.67 bits per heavy atom. The number of hydrogen-bond donors (Lipinski definition) is 1. The molecule has 5 nitrogen and oxygen atoms in total. The minimum absolute atomic E-state index is 0.325. The molecule has 0 spiro atoms. The average molecular weight is 343 g/mol. The predicted octanol–water partition coefficient (Wildman–Crippen LogP) is 3.37. The lowest BCUT2D eigenvalue weighted by molar-refractivity contribution is -0.130. The molecule has 0 aliphatic carbocycles. The molecule has 0 saturated heterocycles. The van der Waals surface area contributed by atoms with Gasteiger partial charge in [0.25, 0.3) is 0 Å². The molecule has 1 N–H and O–H groups in total. The van der Waals surface area contributed by atoms with E-state index in [0.29, 0.717) is 16.5 Å². The summed E-state index contributed by atoms with van der Waals surface area (Å²) in [5.74, 6) is -2.32. The largest absolute Gasteiger partial charge is 0.486 e. The lowest BCUT2D eigenvalue weighted by Gasteiger charge is -2.11. The molecule has 2 aromatic rings. The standard InChI is InChI=1S/C18H15ClN2O3/c1-12-5-4-6-13(9-12)24-11-17(22)14(10-20)18(23)21-16-8-3-2-7-15(16)19/h2-9,14H,11H2,1H3,(H,21,23)/t14-/m0/s1. The highest BCUT2D eigenvalue weighted by Gasteiger charge is 2.27. The first-order chi connectivity index (χ1) is 11.5. The van der Waals surface area contributed by atoms with E-state index in [4.69, 9.17) is 21.6 Å². The van der Waals surface area contributed by atoms with E-state index in [1.165, 1.54) is 0 Å². The Balaban J connectivity index is 1.99. The van der Waals surface area contributed by atoms with Crippen molar-refractivity contribution in [3.05, 3.63) is 59.1 Å². The summed E-state index contributed by atoms with van der Waals surface area (Å²) in [4.78, 5) is 24.2. The Bertz CT molecular complexity index is 799. The van der Waals surface area contributed by atoms with Crippen molar-refractivity contribution in [2.75, 3.05) is 11.9 Å². The summed E-state index contributed by atoms with van der Waals surface area (Å²) in [6, 6.07) is 15.4. The van der Waals surface area contributed by atoms with E-state index in [1.54, 1.807) is 48.5 Å². The number of nitriles is 1. The lowest BCUT2D eigenvalue weighted by atomic mass is 10.1. The molecule has 1 amide bonds. The molecule has 0 radical (unpaired) electrons. The van der Waals surface area contributed by atoms with Crippen LogP contribution in [0.4, 0.5) is 5.69 Å². The first-order valence-electron chi connectivity index (χ1n) is 7.18. The number of carbonyl (C=O) groups excluding carboxylic acids is 2. The van der Waals surface area contributed by atoms with Gasteiger partial charge in [0.2, 0.25) is 5.91 Å². The highest BCUT2D eigenvalue weighted by atomic mass is 35.5. The summed E-state index contributed by atoms with van der Waals surface area (Å²) in [6.45, 7) is 1.53. The Labute approximate surface area is 144 Å². The second-order valence-corrected chi connectivity index (χ2v) is 5.51. The van der Waals surface area contributed by atoms with E-state index in [9.17, 15) is 9.59 Å². The number of nitrogens with zero attached hydrogens (tertiary/aromatic N) is 1. The number of hydrogen-bond acceptors (Lipinski definition) is 4. The van der Waals surface area contributed by atoms with Crippen LogP contribution in [0.3, 0.4) is 0 Å². The van der Waals surface area contributed by atoms with E-state index in [0.717, 1.165) is 5.56 Å². The van der Waals surface area contributed by atoms with Crippen LogP contribution in [-0.2, 0) is 9.59 Å². The van der Waals surface area contributed by atoms with Crippen molar-refractivity contribution < 1.29 is 14.3 Å².